The molecule has 5 aliphatic carbocycles. The van der Waals surface area contributed by atoms with Gasteiger partial charge in [0.25, 0.3) is 5.91 Å². The van der Waals surface area contributed by atoms with Crippen LogP contribution < -0.4 is 5.32 Å². The summed E-state index contributed by atoms with van der Waals surface area (Å²) in [6, 6.07) is 1.70. The molecule has 8 atom stereocenters. The van der Waals surface area contributed by atoms with E-state index < -0.39 is 17.4 Å². The number of fused-ring (bicyclic) bond motifs is 7. The van der Waals surface area contributed by atoms with E-state index in [2.05, 4.69) is 63.8 Å². The first-order valence-electron chi connectivity index (χ1n) is 19.5. The predicted molar refractivity (Wildman–Crippen MR) is 194 cm³/mol. The smallest absolute Gasteiger partial charge is 0.309 e. The van der Waals surface area contributed by atoms with Gasteiger partial charge in [-0.2, -0.15) is 0 Å². The molecule has 0 bridgehead atoms. The first-order valence-corrected chi connectivity index (χ1v) is 19.5. The largest absolute Gasteiger partial charge is 0.481 e. The summed E-state index contributed by atoms with van der Waals surface area (Å²) in [6.45, 7) is 20.2. The molecule has 5 aliphatic rings. The van der Waals surface area contributed by atoms with E-state index in [1.807, 2.05) is 0 Å². The van der Waals surface area contributed by atoms with E-state index in [9.17, 15) is 24.3 Å². The highest BCUT2D eigenvalue weighted by Gasteiger charge is 2.70. The van der Waals surface area contributed by atoms with E-state index in [0.29, 0.717) is 36.5 Å². The lowest BCUT2D eigenvalue weighted by molar-refractivity contribution is -0.233. The minimum Gasteiger partial charge on any atom is -0.481 e. The average Bonchev–Trinajstić information content (AvgIpc) is 3.35. The van der Waals surface area contributed by atoms with Crippen molar-refractivity contribution in [1.29, 1.82) is 0 Å². The molecule has 0 radical (unpaired) electrons. The van der Waals surface area contributed by atoms with Gasteiger partial charge in [0.1, 0.15) is 6.10 Å². The SMILES string of the molecule is CC(C)C1=C2[C@H]3CC[C@@H]4[C@@]5(C)CC[C@H](OC(=O)CC(C)(C)C(=O)O)C(C)(C)[C@@H]5CC[C@@]4(C)[C@]3(C)CC[C@@]2(CCNC(=O)c2ncccn2)CC1=O. The predicted octanol–water partition coefficient (Wildman–Crippen LogP) is 7.99. The fourth-order valence-corrected chi connectivity index (χ4v) is 12.8. The number of nitrogens with zero attached hydrogens (tertiary/aromatic N) is 2. The monoisotopic (exact) mass is 703 g/mol. The molecule has 1 heterocycles. The zero-order valence-electron chi connectivity index (χ0n) is 32.5. The number of esters is 1. The van der Waals surface area contributed by atoms with E-state index >= 15 is 0 Å². The molecule has 0 spiro atoms. The van der Waals surface area contributed by atoms with Crippen LogP contribution in [0.15, 0.2) is 29.6 Å². The van der Waals surface area contributed by atoms with Gasteiger partial charge in [0.2, 0.25) is 5.82 Å². The maximum Gasteiger partial charge on any atom is 0.309 e. The molecule has 6 rings (SSSR count). The Labute approximate surface area is 304 Å². The number of aliphatic carboxylic acids is 1. The Balaban J connectivity index is 1.25. The van der Waals surface area contributed by atoms with Gasteiger partial charge in [0, 0.05) is 36.2 Å². The zero-order valence-corrected chi connectivity index (χ0v) is 32.5. The number of ketones is 1. The van der Waals surface area contributed by atoms with Gasteiger partial charge in [-0.15, -0.1) is 0 Å². The van der Waals surface area contributed by atoms with Crippen molar-refractivity contribution in [2.75, 3.05) is 6.54 Å². The Morgan fingerprint density at radius 2 is 1.63 bits per heavy atom. The van der Waals surface area contributed by atoms with Crippen molar-refractivity contribution in [3.05, 3.63) is 35.4 Å². The molecule has 280 valence electrons. The summed E-state index contributed by atoms with van der Waals surface area (Å²) < 4.78 is 6.15. The molecule has 4 saturated carbocycles. The van der Waals surface area contributed by atoms with Crippen LogP contribution in [0.2, 0.25) is 0 Å². The third kappa shape index (κ3) is 5.87. The number of ether oxygens (including phenoxy) is 1. The minimum absolute atomic E-state index is 0.0322. The maximum absolute atomic E-state index is 13.9. The highest BCUT2D eigenvalue weighted by Crippen LogP contribution is 2.77. The second-order valence-corrected chi connectivity index (χ2v) is 19.3. The van der Waals surface area contributed by atoms with Crippen LogP contribution in [0.25, 0.3) is 0 Å². The fraction of sp³-hybridized carbons (Fsp3) is 0.762. The first-order chi connectivity index (χ1) is 23.7. The fourth-order valence-electron chi connectivity index (χ4n) is 12.8. The normalized spacial score (nSPS) is 37.2. The van der Waals surface area contributed by atoms with E-state index in [0.717, 1.165) is 63.4 Å². The van der Waals surface area contributed by atoms with Crippen LogP contribution in [0, 0.1) is 56.2 Å². The Morgan fingerprint density at radius 3 is 2.27 bits per heavy atom. The van der Waals surface area contributed by atoms with Crippen LogP contribution in [-0.2, 0) is 19.1 Å². The van der Waals surface area contributed by atoms with Gasteiger partial charge in [-0.3, -0.25) is 19.2 Å². The van der Waals surface area contributed by atoms with Crippen molar-refractivity contribution in [3.63, 3.8) is 0 Å². The van der Waals surface area contributed by atoms with E-state index in [4.69, 9.17) is 4.74 Å². The average molecular weight is 704 g/mol. The standard InChI is InChI=1S/C42H61N3O6/c1-25(2)32-27(46)23-42(19-22-45-35(48)34-43-20-10-21-44-34)18-17-40(8)26(33(32)42)11-12-29-39(7)15-14-30(51-31(47)24-37(3,4)36(49)50)38(5,6)28(39)13-16-41(29,40)9/h10,20-21,25-26,28-30H,11-19,22-24H2,1-9H3,(H,45,48)(H,49,50)/t26-,28+,29-,30+,39+,40-,41-,42-/m1/s1. The first kappa shape index (κ1) is 37.7. The van der Waals surface area contributed by atoms with Gasteiger partial charge < -0.3 is 15.2 Å². The van der Waals surface area contributed by atoms with E-state index in [1.165, 1.54) is 5.57 Å². The molecule has 0 saturated heterocycles. The molecule has 9 nitrogen and oxygen atoms in total. The molecular weight excluding hydrogens is 642 g/mol. The van der Waals surface area contributed by atoms with Crippen LogP contribution >= 0.6 is 0 Å². The number of carbonyl (C=O) groups excluding carboxylic acids is 3. The molecule has 2 N–H and O–H groups in total. The van der Waals surface area contributed by atoms with Crippen LogP contribution in [0.1, 0.15) is 144 Å². The van der Waals surface area contributed by atoms with Crippen LogP contribution in [0.4, 0.5) is 0 Å². The minimum atomic E-state index is -1.16. The number of hydrogen-bond donors (Lipinski definition) is 2. The number of amides is 1. The summed E-state index contributed by atoms with van der Waals surface area (Å²) in [5.41, 5.74) is 1.03. The van der Waals surface area contributed by atoms with E-state index in [-0.39, 0.29) is 57.2 Å². The molecule has 1 aromatic heterocycles. The van der Waals surface area contributed by atoms with Gasteiger partial charge >= 0.3 is 11.9 Å². The number of carboxylic acid groups (broad SMARTS) is 1. The zero-order chi connectivity index (χ0) is 37.4. The second kappa shape index (κ2) is 12.8. The van der Waals surface area contributed by atoms with Gasteiger partial charge in [0.05, 0.1) is 11.8 Å². The number of rotatable bonds is 9. The topological polar surface area (TPSA) is 136 Å². The number of Topliss-reactive ketones (excluding diaryl/α,β-unsaturated/α-hetero) is 1. The van der Waals surface area contributed by atoms with Crippen LogP contribution in [0.5, 0.6) is 0 Å². The Hall–Kier alpha value is -3.10. The number of hydrogen-bond acceptors (Lipinski definition) is 7. The number of carboxylic acids is 1. The lowest BCUT2D eigenvalue weighted by Gasteiger charge is -2.72. The van der Waals surface area contributed by atoms with Crippen molar-refractivity contribution in [3.8, 4) is 0 Å². The molecule has 4 fully saturated rings. The number of allylic oxidation sites excluding steroid dienone is 2. The Kier molecular flexibility index (Phi) is 9.44. The molecule has 1 amide bonds. The quantitative estimate of drug-likeness (QED) is 0.247. The summed E-state index contributed by atoms with van der Waals surface area (Å²) in [4.78, 5) is 59.8. The van der Waals surface area contributed by atoms with Gasteiger partial charge in [0.15, 0.2) is 5.78 Å². The van der Waals surface area contributed by atoms with Crippen molar-refractivity contribution in [2.45, 2.75) is 139 Å². The van der Waals surface area contributed by atoms with Gasteiger partial charge in [-0.05, 0) is 123 Å². The maximum atomic E-state index is 13.9. The lowest BCUT2D eigenvalue weighted by atomic mass is 9.33. The summed E-state index contributed by atoms with van der Waals surface area (Å²) >= 11 is 0. The molecule has 1 aromatic rings. The summed E-state index contributed by atoms with van der Waals surface area (Å²) in [5.74, 6) is 0.138. The van der Waals surface area contributed by atoms with Crippen molar-refractivity contribution in [2.24, 2.45) is 56.2 Å². The highest BCUT2D eigenvalue weighted by molar-refractivity contribution is 6.00. The van der Waals surface area contributed by atoms with Crippen molar-refractivity contribution in [1.82, 2.24) is 15.3 Å². The van der Waals surface area contributed by atoms with Gasteiger partial charge in [-0.1, -0.05) is 54.0 Å². The third-order valence-corrected chi connectivity index (χ3v) is 15.6. The summed E-state index contributed by atoms with van der Waals surface area (Å²) in [6.07, 6.45) is 12.2. The third-order valence-electron chi connectivity index (χ3n) is 15.6. The van der Waals surface area contributed by atoms with Crippen molar-refractivity contribution >= 4 is 23.6 Å². The van der Waals surface area contributed by atoms with Crippen LogP contribution in [-0.4, -0.2) is 51.4 Å². The molecule has 0 aromatic carbocycles. The second-order valence-electron chi connectivity index (χ2n) is 19.3. The summed E-state index contributed by atoms with van der Waals surface area (Å²) in [7, 11) is 0. The molecule has 51 heavy (non-hydrogen) atoms. The number of nitrogens with one attached hydrogen (secondary N) is 1. The number of aromatic nitrogens is 2. The highest BCUT2D eigenvalue weighted by atomic mass is 16.5. The molecule has 0 unspecified atom stereocenters. The molecule has 0 aliphatic heterocycles. The van der Waals surface area contributed by atoms with Gasteiger partial charge in [-0.25, -0.2) is 9.97 Å². The molecule has 9 heteroatoms. The number of carbonyl (C=O) groups is 4. The lowest BCUT2D eigenvalue weighted by Crippen LogP contribution is -2.65. The Bertz CT molecular complexity index is 1620. The van der Waals surface area contributed by atoms with Crippen molar-refractivity contribution < 1.29 is 29.0 Å². The van der Waals surface area contributed by atoms with E-state index in [1.54, 1.807) is 32.3 Å². The molecular formula is C42H61N3O6. The van der Waals surface area contributed by atoms with Crippen LogP contribution in [0.3, 0.4) is 0 Å². The summed E-state index contributed by atoms with van der Waals surface area (Å²) in [5, 5.41) is 12.7. The Morgan fingerprint density at radius 1 is 0.941 bits per heavy atom.